The van der Waals surface area contributed by atoms with Crippen molar-refractivity contribution in [3.05, 3.63) is 28.1 Å². The molecule has 0 spiro atoms. The third kappa shape index (κ3) is 3.00. The summed E-state index contributed by atoms with van der Waals surface area (Å²) in [5, 5.41) is 3.46. The van der Waals surface area contributed by atoms with Crippen molar-refractivity contribution in [1.82, 2.24) is 5.32 Å². The van der Waals surface area contributed by atoms with Crippen molar-refractivity contribution < 1.29 is 4.42 Å². The molecule has 0 aliphatic heterocycles. The lowest BCUT2D eigenvalue weighted by Gasteiger charge is -2.01. The molecule has 1 heterocycles. The van der Waals surface area contributed by atoms with Crippen LogP contribution in [0.2, 0.25) is 0 Å². The minimum atomic E-state index is 0.765. The van der Waals surface area contributed by atoms with E-state index < -0.39 is 0 Å². The van der Waals surface area contributed by atoms with Crippen LogP contribution in [0, 0.1) is 0 Å². The zero-order valence-corrected chi connectivity index (χ0v) is 9.80. The average Bonchev–Trinajstić information content (AvgIpc) is 2.88. The van der Waals surface area contributed by atoms with Gasteiger partial charge in [-0.1, -0.05) is 5.57 Å². The molecule has 1 fully saturated rings. The quantitative estimate of drug-likeness (QED) is 0.894. The highest BCUT2D eigenvalue weighted by atomic mass is 79.9. The van der Waals surface area contributed by atoms with Crippen LogP contribution in [0.4, 0.5) is 0 Å². The number of nitrogens with one attached hydrogen (secondary N) is 1. The van der Waals surface area contributed by atoms with Gasteiger partial charge in [-0.25, -0.2) is 0 Å². The molecule has 14 heavy (non-hydrogen) atoms. The van der Waals surface area contributed by atoms with E-state index in [-0.39, 0.29) is 0 Å². The SMILES string of the molecule is CC(=Cc1ccc(Br)o1)CNC1CC1. The second kappa shape index (κ2) is 4.32. The minimum absolute atomic E-state index is 0.765. The van der Waals surface area contributed by atoms with E-state index in [1.54, 1.807) is 0 Å². The zero-order valence-electron chi connectivity index (χ0n) is 8.22. The Labute approximate surface area is 92.5 Å². The van der Waals surface area contributed by atoms with Gasteiger partial charge in [-0.05, 0) is 53.9 Å². The fraction of sp³-hybridized carbons (Fsp3) is 0.455. The van der Waals surface area contributed by atoms with Crippen LogP contribution in [-0.2, 0) is 0 Å². The van der Waals surface area contributed by atoms with Crippen molar-refractivity contribution in [2.24, 2.45) is 0 Å². The number of furan rings is 1. The molecular formula is C11H14BrNO. The standard InChI is InChI=1S/C11H14BrNO/c1-8(7-13-9-2-3-9)6-10-4-5-11(12)14-10/h4-6,9,13H,2-3,7H2,1H3. The molecule has 0 unspecified atom stereocenters. The predicted octanol–water partition coefficient (Wildman–Crippen LogP) is 3.20. The Bertz CT molecular complexity index is 339. The topological polar surface area (TPSA) is 25.2 Å². The van der Waals surface area contributed by atoms with Crippen LogP contribution < -0.4 is 5.32 Å². The highest BCUT2D eigenvalue weighted by Gasteiger charge is 2.19. The van der Waals surface area contributed by atoms with E-state index in [2.05, 4.69) is 34.2 Å². The maximum atomic E-state index is 5.39. The van der Waals surface area contributed by atoms with Crippen LogP contribution in [0.1, 0.15) is 25.5 Å². The van der Waals surface area contributed by atoms with Crippen molar-refractivity contribution in [3.63, 3.8) is 0 Å². The molecule has 1 aliphatic rings. The third-order valence-electron chi connectivity index (χ3n) is 2.23. The molecule has 2 rings (SSSR count). The Morgan fingerprint density at radius 1 is 1.64 bits per heavy atom. The Hall–Kier alpha value is -0.540. The second-order valence-corrected chi connectivity index (χ2v) is 4.57. The molecule has 0 atom stereocenters. The number of hydrogen-bond donors (Lipinski definition) is 1. The molecule has 0 saturated heterocycles. The second-order valence-electron chi connectivity index (χ2n) is 3.79. The average molecular weight is 256 g/mol. The van der Waals surface area contributed by atoms with Crippen LogP contribution in [0.3, 0.4) is 0 Å². The molecule has 1 aromatic rings. The van der Waals surface area contributed by atoms with Gasteiger partial charge in [0.2, 0.25) is 0 Å². The summed E-state index contributed by atoms with van der Waals surface area (Å²) < 4.78 is 6.17. The first-order valence-corrected chi connectivity index (χ1v) is 5.69. The summed E-state index contributed by atoms with van der Waals surface area (Å²) in [4.78, 5) is 0. The maximum absolute atomic E-state index is 5.39. The fourth-order valence-corrected chi connectivity index (χ4v) is 1.61. The number of rotatable bonds is 4. The Morgan fingerprint density at radius 3 is 3.00 bits per heavy atom. The molecule has 76 valence electrons. The van der Waals surface area contributed by atoms with Gasteiger partial charge in [0, 0.05) is 12.6 Å². The smallest absolute Gasteiger partial charge is 0.169 e. The van der Waals surface area contributed by atoms with E-state index >= 15 is 0 Å². The fourth-order valence-electron chi connectivity index (χ4n) is 1.29. The first kappa shape index (κ1) is 9.99. The van der Waals surface area contributed by atoms with Gasteiger partial charge in [-0.15, -0.1) is 0 Å². The summed E-state index contributed by atoms with van der Waals surface area (Å²) in [6.45, 7) is 3.08. The van der Waals surface area contributed by atoms with Gasteiger partial charge in [-0.3, -0.25) is 0 Å². The normalized spacial score (nSPS) is 17.4. The number of hydrogen-bond acceptors (Lipinski definition) is 2. The minimum Gasteiger partial charge on any atom is -0.450 e. The van der Waals surface area contributed by atoms with Gasteiger partial charge in [0.05, 0.1) is 0 Å². The van der Waals surface area contributed by atoms with Gasteiger partial charge in [-0.2, -0.15) is 0 Å². The molecule has 0 amide bonds. The van der Waals surface area contributed by atoms with E-state index in [0.29, 0.717) is 0 Å². The molecule has 0 aromatic carbocycles. The molecule has 1 aromatic heterocycles. The van der Waals surface area contributed by atoms with Gasteiger partial charge in [0.25, 0.3) is 0 Å². The molecule has 1 aliphatic carbocycles. The molecule has 0 radical (unpaired) electrons. The van der Waals surface area contributed by atoms with Gasteiger partial charge < -0.3 is 9.73 Å². The van der Waals surface area contributed by atoms with Crippen LogP contribution >= 0.6 is 15.9 Å². The van der Waals surface area contributed by atoms with E-state index in [4.69, 9.17) is 4.42 Å². The Kier molecular flexibility index (Phi) is 3.08. The maximum Gasteiger partial charge on any atom is 0.169 e. The van der Waals surface area contributed by atoms with Gasteiger partial charge >= 0.3 is 0 Å². The van der Waals surface area contributed by atoms with Crippen molar-refractivity contribution in [2.45, 2.75) is 25.8 Å². The highest BCUT2D eigenvalue weighted by Crippen LogP contribution is 2.19. The van der Waals surface area contributed by atoms with Crippen LogP contribution in [-0.4, -0.2) is 12.6 Å². The lowest BCUT2D eigenvalue weighted by Crippen LogP contribution is -2.18. The summed E-state index contributed by atoms with van der Waals surface area (Å²) in [6.07, 6.45) is 4.74. The van der Waals surface area contributed by atoms with E-state index in [9.17, 15) is 0 Å². The summed E-state index contributed by atoms with van der Waals surface area (Å²) in [5.74, 6) is 0.909. The Balaban J connectivity index is 1.88. The summed E-state index contributed by atoms with van der Waals surface area (Å²) >= 11 is 3.28. The van der Waals surface area contributed by atoms with E-state index in [1.807, 2.05) is 12.1 Å². The number of halogens is 1. The summed E-state index contributed by atoms with van der Waals surface area (Å²) in [7, 11) is 0. The molecular weight excluding hydrogens is 242 g/mol. The monoisotopic (exact) mass is 255 g/mol. The first-order chi connectivity index (χ1) is 6.74. The lowest BCUT2D eigenvalue weighted by atomic mass is 10.2. The van der Waals surface area contributed by atoms with E-state index in [0.717, 1.165) is 23.0 Å². The molecule has 0 bridgehead atoms. The zero-order chi connectivity index (χ0) is 9.97. The predicted molar refractivity (Wildman–Crippen MR) is 61.1 cm³/mol. The highest BCUT2D eigenvalue weighted by molar-refractivity contribution is 9.10. The van der Waals surface area contributed by atoms with Crippen molar-refractivity contribution in [2.75, 3.05) is 6.54 Å². The lowest BCUT2D eigenvalue weighted by molar-refractivity contribution is 0.531. The van der Waals surface area contributed by atoms with E-state index in [1.165, 1.54) is 18.4 Å². The van der Waals surface area contributed by atoms with Crippen molar-refractivity contribution in [1.29, 1.82) is 0 Å². The summed E-state index contributed by atoms with van der Waals surface area (Å²) in [6, 6.07) is 4.64. The third-order valence-corrected chi connectivity index (χ3v) is 2.66. The van der Waals surface area contributed by atoms with Crippen LogP contribution in [0.5, 0.6) is 0 Å². The van der Waals surface area contributed by atoms with Gasteiger partial charge in [0.1, 0.15) is 5.76 Å². The molecule has 2 nitrogen and oxygen atoms in total. The molecule has 1 N–H and O–H groups in total. The van der Waals surface area contributed by atoms with Crippen molar-refractivity contribution in [3.8, 4) is 0 Å². The summed E-state index contributed by atoms with van der Waals surface area (Å²) in [5.41, 5.74) is 1.30. The van der Waals surface area contributed by atoms with Gasteiger partial charge in [0.15, 0.2) is 4.67 Å². The van der Waals surface area contributed by atoms with Crippen molar-refractivity contribution >= 4 is 22.0 Å². The van der Waals surface area contributed by atoms with Crippen LogP contribution in [0.25, 0.3) is 6.08 Å². The van der Waals surface area contributed by atoms with Crippen LogP contribution in [0.15, 0.2) is 26.8 Å². The largest absolute Gasteiger partial charge is 0.450 e. The Morgan fingerprint density at radius 2 is 2.43 bits per heavy atom. The molecule has 1 saturated carbocycles. The molecule has 3 heteroatoms. The first-order valence-electron chi connectivity index (χ1n) is 4.90.